The minimum Gasteiger partial charge on any atom is -0.483 e. The number of fused-ring (bicyclic) bond motifs is 2. The van der Waals surface area contributed by atoms with Crippen LogP contribution in [0.3, 0.4) is 0 Å². The monoisotopic (exact) mass is 364 g/mol. The third kappa shape index (κ3) is 3.82. The highest BCUT2D eigenvalue weighted by Gasteiger charge is 2.35. The molecule has 4 rings (SSSR count). The van der Waals surface area contributed by atoms with Crippen LogP contribution in [-0.4, -0.2) is 17.0 Å². The maximum atomic E-state index is 12.5. The van der Waals surface area contributed by atoms with Gasteiger partial charge in [-0.05, 0) is 36.2 Å². The fourth-order valence-electron chi connectivity index (χ4n) is 4.12. The molecular formula is C22H24N2O3. The van der Waals surface area contributed by atoms with Gasteiger partial charge in [-0.3, -0.25) is 9.59 Å². The molecule has 5 nitrogen and oxygen atoms in total. The summed E-state index contributed by atoms with van der Waals surface area (Å²) in [7, 11) is 1.75. The second-order valence-corrected chi connectivity index (χ2v) is 7.52. The van der Waals surface area contributed by atoms with E-state index >= 15 is 0 Å². The quantitative estimate of drug-likeness (QED) is 0.802. The van der Waals surface area contributed by atoms with E-state index in [9.17, 15) is 9.59 Å². The first-order valence-corrected chi connectivity index (χ1v) is 9.44. The Hall–Kier alpha value is -2.82. The number of rotatable bonds is 6. The van der Waals surface area contributed by atoms with Crippen LogP contribution in [0.5, 0.6) is 5.75 Å². The zero-order chi connectivity index (χ0) is 18.8. The molecule has 1 aromatic heterocycles. The zero-order valence-corrected chi connectivity index (χ0v) is 15.4. The summed E-state index contributed by atoms with van der Waals surface area (Å²) in [6.07, 6.45) is 8.51. The van der Waals surface area contributed by atoms with Gasteiger partial charge in [-0.25, -0.2) is 0 Å². The summed E-state index contributed by atoms with van der Waals surface area (Å²) in [5, 5.41) is 3.00. The lowest BCUT2D eigenvalue weighted by Gasteiger charge is -2.19. The summed E-state index contributed by atoms with van der Waals surface area (Å²) < 4.78 is 7.29. The average Bonchev–Trinajstić information content (AvgIpc) is 3.30. The molecule has 0 unspecified atom stereocenters. The highest BCUT2D eigenvalue weighted by atomic mass is 16.5. The molecule has 0 saturated heterocycles. The van der Waals surface area contributed by atoms with E-state index in [4.69, 9.17) is 4.74 Å². The molecule has 3 atom stereocenters. The minimum absolute atomic E-state index is 0.212. The number of carbonyl (C=O) groups is 1. The normalized spacial score (nSPS) is 22.8. The number of benzene rings is 1. The van der Waals surface area contributed by atoms with Gasteiger partial charge in [0.25, 0.3) is 5.91 Å². The molecule has 1 amide bonds. The van der Waals surface area contributed by atoms with Crippen molar-refractivity contribution in [1.29, 1.82) is 0 Å². The van der Waals surface area contributed by atoms with Crippen molar-refractivity contribution in [3.63, 3.8) is 0 Å². The lowest BCUT2D eigenvalue weighted by atomic mass is 9.93. The van der Waals surface area contributed by atoms with Gasteiger partial charge in [0.1, 0.15) is 12.3 Å². The number of allylic oxidation sites excluding steroid dienone is 2. The molecule has 1 heterocycles. The predicted octanol–water partition coefficient (Wildman–Crippen LogP) is 2.91. The Balaban J connectivity index is 1.39. The van der Waals surface area contributed by atoms with Crippen molar-refractivity contribution in [1.82, 2.24) is 9.88 Å². The molecule has 140 valence electrons. The number of pyridine rings is 1. The lowest BCUT2D eigenvalue weighted by Crippen LogP contribution is -2.33. The van der Waals surface area contributed by atoms with Gasteiger partial charge in [0.2, 0.25) is 5.43 Å². The van der Waals surface area contributed by atoms with Crippen LogP contribution in [-0.2, 0) is 13.7 Å². The lowest BCUT2D eigenvalue weighted by molar-refractivity contribution is 0.0935. The molecule has 1 saturated carbocycles. The second-order valence-electron chi connectivity index (χ2n) is 7.52. The van der Waals surface area contributed by atoms with E-state index in [0.29, 0.717) is 36.6 Å². The first kappa shape index (κ1) is 17.6. The molecule has 0 aliphatic heterocycles. The second kappa shape index (κ2) is 7.43. The Morgan fingerprint density at radius 2 is 2.04 bits per heavy atom. The van der Waals surface area contributed by atoms with Crippen molar-refractivity contribution in [3.8, 4) is 5.75 Å². The molecule has 2 aliphatic carbocycles. The highest BCUT2D eigenvalue weighted by Crippen LogP contribution is 2.42. The van der Waals surface area contributed by atoms with Crippen molar-refractivity contribution in [3.05, 3.63) is 76.2 Å². The molecule has 2 bridgehead atoms. The summed E-state index contributed by atoms with van der Waals surface area (Å²) in [5.41, 5.74) is 1.06. The van der Waals surface area contributed by atoms with Gasteiger partial charge in [0, 0.05) is 19.7 Å². The number of aromatic nitrogens is 1. The SMILES string of the molecule is Cn1cc(OCc2ccccc2)c(=O)cc1C(=O)NC[C@@H]1C[C@@H]2C=C[C@H]1C2. The minimum atomic E-state index is -0.281. The Morgan fingerprint density at radius 3 is 2.74 bits per heavy atom. The van der Waals surface area contributed by atoms with Gasteiger partial charge in [-0.2, -0.15) is 0 Å². The van der Waals surface area contributed by atoms with Gasteiger partial charge in [0.15, 0.2) is 5.75 Å². The summed E-state index contributed by atoms with van der Waals surface area (Å²) in [6, 6.07) is 11.0. The molecule has 1 N–H and O–H groups in total. The molecule has 0 spiro atoms. The van der Waals surface area contributed by atoms with Crippen molar-refractivity contribution in [2.45, 2.75) is 19.4 Å². The van der Waals surface area contributed by atoms with Gasteiger partial charge in [-0.15, -0.1) is 0 Å². The number of amides is 1. The predicted molar refractivity (Wildman–Crippen MR) is 104 cm³/mol. The Kier molecular flexibility index (Phi) is 4.84. The molecule has 27 heavy (non-hydrogen) atoms. The first-order valence-electron chi connectivity index (χ1n) is 9.44. The molecule has 0 radical (unpaired) electrons. The zero-order valence-electron chi connectivity index (χ0n) is 15.4. The van der Waals surface area contributed by atoms with Crippen molar-refractivity contribution < 1.29 is 9.53 Å². The Morgan fingerprint density at radius 1 is 1.22 bits per heavy atom. The van der Waals surface area contributed by atoms with Crippen molar-refractivity contribution >= 4 is 5.91 Å². The number of ether oxygens (including phenoxy) is 1. The number of nitrogens with one attached hydrogen (secondary N) is 1. The van der Waals surface area contributed by atoms with Crippen LogP contribution in [0.1, 0.15) is 28.9 Å². The Labute approximate surface area is 158 Å². The van der Waals surface area contributed by atoms with Crippen LogP contribution in [0.25, 0.3) is 0 Å². The summed E-state index contributed by atoms with van der Waals surface area (Å²) >= 11 is 0. The van der Waals surface area contributed by atoms with Crippen LogP contribution < -0.4 is 15.5 Å². The third-order valence-electron chi connectivity index (χ3n) is 5.61. The largest absolute Gasteiger partial charge is 0.483 e. The standard InChI is InChI=1S/C22H24N2O3/c1-24-13-21(27-14-15-5-3-2-4-6-15)20(25)11-19(24)22(26)23-12-18-10-16-7-8-17(18)9-16/h2-8,11,13,16-18H,9-10,12,14H2,1H3,(H,23,26)/t16-,17+,18+/m1/s1. The fourth-order valence-corrected chi connectivity index (χ4v) is 4.12. The van der Waals surface area contributed by atoms with Crippen LogP contribution >= 0.6 is 0 Å². The van der Waals surface area contributed by atoms with Gasteiger partial charge < -0.3 is 14.6 Å². The summed E-state index contributed by atoms with van der Waals surface area (Å²) in [5.74, 6) is 1.82. The van der Waals surface area contributed by atoms with E-state index in [1.807, 2.05) is 30.3 Å². The number of aryl methyl sites for hydroxylation is 1. The molecule has 1 fully saturated rings. The third-order valence-corrected chi connectivity index (χ3v) is 5.61. The van der Waals surface area contributed by atoms with Crippen molar-refractivity contribution in [2.75, 3.05) is 6.54 Å². The van der Waals surface area contributed by atoms with Crippen molar-refractivity contribution in [2.24, 2.45) is 24.8 Å². The number of nitrogens with zero attached hydrogens (tertiary/aromatic N) is 1. The van der Waals surface area contributed by atoms with Crippen LogP contribution in [0.2, 0.25) is 0 Å². The van der Waals surface area contributed by atoms with Gasteiger partial charge >= 0.3 is 0 Å². The van der Waals surface area contributed by atoms with E-state index in [1.165, 1.54) is 12.5 Å². The average molecular weight is 364 g/mol. The first-order chi connectivity index (χ1) is 13.1. The molecule has 2 aliphatic rings. The maximum Gasteiger partial charge on any atom is 0.268 e. The van der Waals surface area contributed by atoms with E-state index in [0.717, 1.165) is 12.0 Å². The number of carbonyl (C=O) groups excluding carboxylic acids is 1. The maximum absolute atomic E-state index is 12.5. The van der Waals surface area contributed by atoms with E-state index < -0.39 is 0 Å². The number of hydrogen-bond donors (Lipinski definition) is 1. The number of hydrogen-bond acceptors (Lipinski definition) is 3. The molecule has 2 aromatic rings. The van der Waals surface area contributed by atoms with Gasteiger partial charge in [-0.1, -0.05) is 42.5 Å². The summed E-state index contributed by atoms with van der Waals surface area (Å²) in [4.78, 5) is 24.9. The van der Waals surface area contributed by atoms with Crippen LogP contribution in [0.15, 0.2) is 59.5 Å². The van der Waals surface area contributed by atoms with Crippen LogP contribution in [0, 0.1) is 17.8 Å². The van der Waals surface area contributed by atoms with Gasteiger partial charge in [0.05, 0.1) is 6.20 Å². The van der Waals surface area contributed by atoms with E-state index in [2.05, 4.69) is 17.5 Å². The fraction of sp³-hybridized carbons (Fsp3) is 0.364. The van der Waals surface area contributed by atoms with Crippen LogP contribution in [0.4, 0.5) is 0 Å². The summed E-state index contributed by atoms with van der Waals surface area (Å²) in [6.45, 7) is 0.976. The molecular weight excluding hydrogens is 340 g/mol. The van der Waals surface area contributed by atoms with E-state index in [-0.39, 0.29) is 17.1 Å². The topological polar surface area (TPSA) is 60.3 Å². The smallest absolute Gasteiger partial charge is 0.268 e. The highest BCUT2D eigenvalue weighted by molar-refractivity contribution is 5.92. The Bertz CT molecular complexity index is 917. The van der Waals surface area contributed by atoms with E-state index in [1.54, 1.807) is 17.8 Å². The molecule has 1 aromatic carbocycles. The molecule has 5 heteroatoms.